The Morgan fingerprint density at radius 3 is 2.25 bits per heavy atom. The van der Waals surface area contributed by atoms with Crippen LogP contribution in [0.4, 0.5) is 5.69 Å². The summed E-state index contributed by atoms with van der Waals surface area (Å²) >= 11 is 0. The molecule has 2 aromatic rings. The molecule has 0 spiro atoms. The topological polar surface area (TPSA) is 94.2 Å². The first kappa shape index (κ1) is 24.5. The molecule has 2 amide bonds. The van der Waals surface area contributed by atoms with E-state index < -0.39 is 18.5 Å². The molecule has 0 saturated carbocycles. The average molecular weight is 440 g/mol. The molecule has 0 aromatic heterocycles. The van der Waals surface area contributed by atoms with Crippen LogP contribution in [-0.2, 0) is 9.53 Å². The summed E-state index contributed by atoms with van der Waals surface area (Å²) in [5.74, 6) is -0.416. The number of ether oxygens (including phenoxy) is 3. The quantitative estimate of drug-likeness (QED) is 0.424. The van der Waals surface area contributed by atoms with E-state index in [2.05, 4.69) is 11.9 Å². The number of hydrogen-bond donors (Lipinski definition) is 1. The maximum atomic E-state index is 12.3. The molecule has 2 rings (SSSR count). The Kier molecular flexibility index (Phi) is 9.28. The number of hydrogen-bond acceptors (Lipinski definition) is 6. The lowest BCUT2D eigenvalue weighted by Gasteiger charge is -2.18. The minimum Gasteiger partial charge on any atom is -0.493 e. The van der Waals surface area contributed by atoms with Crippen LogP contribution in [0.3, 0.4) is 0 Å². The molecule has 1 N–H and O–H groups in total. The number of carbonyl (C=O) groups is 3. The highest BCUT2D eigenvalue weighted by molar-refractivity contribution is 5.97. The van der Waals surface area contributed by atoms with Crippen LogP contribution in [0, 0.1) is 0 Å². The Labute approximate surface area is 187 Å². The molecule has 8 heteroatoms. The van der Waals surface area contributed by atoms with Crippen molar-refractivity contribution >= 4 is 23.5 Å². The molecule has 8 nitrogen and oxygen atoms in total. The summed E-state index contributed by atoms with van der Waals surface area (Å²) in [4.78, 5) is 38.5. The lowest BCUT2D eigenvalue weighted by molar-refractivity contribution is -0.119. The third-order valence-corrected chi connectivity index (χ3v) is 4.56. The molecule has 0 heterocycles. The second-order valence-corrected chi connectivity index (χ2v) is 6.64. The fourth-order valence-corrected chi connectivity index (χ4v) is 2.86. The molecule has 0 fully saturated rings. The Bertz CT molecular complexity index is 951. The van der Waals surface area contributed by atoms with E-state index in [9.17, 15) is 14.4 Å². The molecule has 0 atom stereocenters. The first-order valence-corrected chi connectivity index (χ1v) is 10.2. The lowest BCUT2D eigenvalue weighted by Crippen LogP contribution is -2.30. The van der Waals surface area contributed by atoms with Crippen LogP contribution in [0.1, 0.15) is 34.6 Å². The van der Waals surface area contributed by atoms with E-state index in [0.29, 0.717) is 42.4 Å². The van der Waals surface area contributed by atoms with Crippen molar-refractivity contribution in [2.75, 3.05) is 38.7 Å². The van der Waals surface area contributed by atoms with Gasteiger partial charge in [0, 0.05) is 24.3 Å². The van der Waals surface area contributed by atoms with Crippen LogP contribution in [0.25, 0.3) is 0 Å². The Morgan fingerprint density at radius 2 is 1.66 bits per heavy atom. The van der Waals surface area contributed by atoms with Crippen LogP contribution < -0.4 is 14.8 Å². The fourth-order valence-electron chi connectivity index (χ4n) is 2.86. The van der Waals surface area contributed by atoms with Crippen molar-refractivity contribution in [2.45, 2.75) is 13.8 Å². The highest BCUT2D eigenvalue weighted by atomic mass is 16.5. The van der Waals surface area contributed by atoms with Crippen molar-refractivity contribution in [1.82, 2.24) is 4.90 Å². The Morgan fingerprint density at radius 1 is 1.00 bits per heavy atom. The number of anilines is 1. The van der Waals surface area contributed by atoms with Gasteiger partial charge in [-0.25, -0.2) is 4.79 Å². The molecular weight excluding hydrogens is 412 g/mol. The van der Waals surface area contributed by atoms with E-state index in [4.69, 9.17) is 14.2 Å². The van der Waals surface area contributed by atoms with Gasteiger partial charge >= 0.3 is 5.97 Å². The van der Waals surface area contributed by atoms with Crippen molar-refractivity contribution in [1.29, 1.82) is 0 Å². The van der Waals surface area contributed by atoms with Crippen LogP contribution >= 0.6 is 0 Å². The minimum atomic E-state index is -0.672. The largest absolute Gasteiger partial charge is 0.493 e. The Hall–Kier alpha value is -3.81. The first-order valence-electron chi connectivity index (χ1n) is 10.2. The number of methoxy groups -OCH3 is 1. The van der Waals surface area contributed by atoms with Gasteiger partial charge in [-0.2, -0.15) is 0 Å². The van der Waals surface area contributed by atoms with E-state index in [-0.39, 0.29) is 11.5 Å². The molecule has 0 aliphatic carbocycles. The van der Waals surface area contributed by atoms with Crippen molar-refractivity contribution in [3.63, 3.8) is 0 Å². The zero-order valence-corrected chi connectivity index (χ0v) is 18.6. The van der Waals surface area contributed by atoms with Crippen molar-refractivity contribution < 1.29 is 28.6 Å². The first-order chi connectivity index (χ1) is 15.4. The second kappa shape index (κ2) is 12.1. The van der Waals surface area contributed by atoms with Gasteiger partial charge in [-0.15, -0.1) is 0 Å². The van der Waals surface area contributed by atoms with E-state index in [1.165, 1.54) is 19.2 Å². The number of nitrogens with one attached hydrogen (secondary N) is 1. The zero-order valence-electron chi connectivity index (χ0n) is 18.6. The fraction of sp³-hybridized carbons (Fsp3) is 0.292. The average Bonchev–Trinajstić information content (AvgIpc) is 2.82. The van der Waals surface area contributed by atoms with E-state index in [1.807, 2.05) is 13.8 Å². The number of amides is 2. The highest BCUT2D eigenvalue weighted by Crippen LogP contribution is 2.28. The van der Waals surface area contributed by atoms with Crippen molar-refractivity contribution in [2.24, 2.45) is 0 Å². The molecule has 0 aliphatic rings. The van der Waals surface area contributed by atoms with Gasteiger partial charge in [0.05, 0.1) is 12.7 Å². The van der Waals surface area contributed by atoms with E-state index >= 15 is 0 Å². The van der Waals surface area contributed by atoms with Gasteiger partial charge in [0.1, 0.15) is 6.61 Å². The molecule has 0 saturated heterocycles. The van der Waals surface area contributed by atoms with Crippen LogP contribution in [0.15, 0.2) is 55.1 Å². The summed E-state index contributed by atoms with van der Waals surface area (Å²) in [6.07, 6.45) is 1.59. The summed E-state index contributed by atoms with van der Waals surface area (Å²) in [5.41, 5.74) is 1.25. The van der Waals surface area contributed by atoms with Gasteiger partial charge in [0.25, 0.3) is 11.8 Å². The van der Waals surface area contributed by atoms with Gasteiger partial charge in [-0.3, -0.25) is 9.59 Å². The zero-order chi connectivity index (χ0) is 23.5. The smallest absolute Gasteiger partial charge is 0.338 e. The van der Waals surface area contributed by atoms with Crippen LogP contribution in [0.2, 0.25) is 0 Å². The SMILES string of the molecule is C=CCOc1ccc(C(=O)OCC(=O)Nc2ccc(C(=O)N(CC)CC)cc2)cc1OC. The predicted molar refractivity (Wildman–Crippen MR) is 121 cm³/mol. The second-order valence-electron chi connectivity index (χ2n) is 6.64. The molecule has 32 heavy (non-hydrogen) atoms. The van der Waals surface area contributed by atoms with Gasteiger partial charge in [0.2, 0.25) is 0 Å². The summed E-state index contributed by atoms with van der Waals surface area (Å²) in [6, 6.07) is 11.1. The summed E-state index contributed by atoms with van der Waals surface area (Å²) in [7, 11) is 1.46. The van der Waals surface area contributed by atoms with Gasteiger partial charge in [0.15, 0.2) is 18.1 Å². The number of carbonyl (C=O) groups excluding carboxylic acids is 3. The van der Waals surface area contributed by atoms with Crippen LogP contribution in [-0.4, -0.2) is 56.1 Å². The molecule has 170 valence electrons. The normalized spacial score (nSPS) is 10.1. The van der Waals surface area contributed by atoms with Crippen molar-refractivity contribution in [3.05, 3.63) is 66.2 Å². The number of rotatable bonds is 11. The van der Waals surface area contributed by atoms with E-state index in [0.717, 1.165) is 0 Å². The van der Waals surface area contributed by atoms with Crippen LogP contribution in [0.5, 0.6) is 11.5 Å². The van der Waals surface area contributed by atoms with Gasteiger partial charge in [-0.05, 0) is 56.3 Å². The third-order valence-electron chi connectivity index (χ3n) is 4.56. The standard InChI is InChI=1S/C24H28N2O6/c1-5-14-31-20-13-10-18(15-21(20)30-4)24(29)32-16-22(27)25-19-11-8-17(9-12-19)23(28)26(6-2)7-3/h5,8-13,15H,1,6-7,14,16H2,2-4H3,(H,25,27). The van der Waals surface area contributed by atoms with Gasteiger partial charge < -0.3 is 24.4 Å². The number of benzene rings is 2. The molecule has 0 bridgehead atoms. The highest BCUT2D eigenvalue weighted by Gasteiger charge is 2.15. The van der Waals surface area contributed by atoms with Crippen molar-refractivity contribution in [3.8, 4) is 11.5 Å². The van der Waals surface area contributed by atoms with Gasteiger partial charge in [-0.1, -0.05) is 12.7 Å². The maximum Gasteiger partial charge on any atom is 0.338 e. The number of esters is 1. The van der Waals surface area contributed by atoms with E-state index in [1.54, 1.807) is 41.3 Å². The molecule has 0 unspecified atom stereocenters. The Balaban J connectivity index is 1.92. The predicted octanol–water partition coefficient (Wildman–Crippen LogP) is 3.54. The summed E-state index contributed by atoms with van der Waals surface area (Å²) in [5, 5.41) is 2.63. The maximum absolute atomic E-state index is 12.3. The third kappa shape index (κ3) is 6.60. The minimum absolute atomic E-state index is 0.0712. The molecule has 2 aromatic carbocycles. The molecular formula is C24H28N2O6. The lowest BCUT2D eigenvalue weighted by atomic mass is 10.1. The molecule has 0 radical (unpaired) electrons. The number of nitrogens with zero attached hydrogens (tertiary/aromatic N) is 1. The summed E-state index contributed by atoms with van der Waals surface area (Å²) in [6.45, 7) is 8.48. The molecule has 0 aliphatic heterocycles. The monoisotopic (exact) mass is 440 g/mol. The summed E-state index contributed by atoms with van der Waals surface area (Å²) < 4.78 is 15.7.